The maximum Gasteiger partial charge on any atom is 0.274 e. The third-order valence-electron chi connectivity index (χ3n) is 4.14. The molecule has 2 saturated heterocycles. The van der Waals surface area contributed by atoms with E-state index in [9.17, 15) is 9.59 Å². The van der Waals surface area contributed by atoms with E-state index in [1.807, 2.05) is 11.8 Å². The molecule has 2 aliphatic rings. The van der Waals surface area contributed by atoms with Crippen molar-refractivity contribution in [3.8, 4) is 0 Å². The average molecular weight is 336 g/mol. The molecule has 2 fully saturated rings. The molecule has 1 aromatic rings. The molecule has 124 valence electrons. The van der Waals surface area contributed by atoms with Crippen molar-refractivity contribution >= 4 is 23.6 Å². The minimum Gasteiger partial charge on any atom is -0.367 e. The van der Waals surface area contributed by atoms with Gasteiger partial charge in [-0.1, -0.05) is 0 Å². The quantitative estimate of drug-likeness (QED) is 0.786. The van der Waals surface area contributed by atoms with E-state index in [1.54, 1.807) is 25.2 Å². The summed E-state index contributed by atoms with van der Waals surface area (Å²) >= 11 is 1.84. The van der Waals surface area contributed by atoms with Crippen LogP contribution in [0.1, 0.15) is 16.9 Å². The minimum atomic E-state index is -0.0727. The van der Waals surface area contributed by atoms with Gasteiger partial charge < -0.3 is 14.5 Å². The highest BCUT2D eigenvalue weighted by molar-refractivity contribution is 8.01. The number of nitrogens with zero attached hydrogens (tertiary/aromatic N) is 4. The van der Waals surface area contributed by atoms with Crippen LogP contribution >= 0.6 is 11.8 Å². The number of likely N-dealkylation sites (N-methyl/N-ethyl adjacent to an activating group) is 1. The van der Waals surface area contributed by atoms with Gasteiger partial charge in [-0.25, -0.2) is 4.98 Å². The lowest BCUT2D eigenvalue weighted by molar-refractivity contribution is -0.135. The minimum absolute atomic E-state index is 0.0241. The van der Waals surface area contributed by atoms with Gasteiger partial charge in [-0.3, -0.25) is 14.6 Å². The Morgan fingerprint density at radius 2 is 2.22 bits per heavy atom. The summed E-state index contributed by atoms with van der Waals surface area (Å²) in [5.41, 5.74) is 0.384. The maximum atomic E-state index is 12.3. The first-order valence-electron chi connectivity index (χ1n) is 7.50. The summed E-state index contributed by atoms with van der Waals surface area (Å²) in [7, 11) is 3.44. The van der Waals surface area contributed by atoms with E-state index in [1.165, 1.54) is 17.3 Å². The molecule has 0 bridgehead atoms. The molecule has 7 nitrogen and oxygen atoms in total. The number of ether oxygens (including phenoxy) is 1. The molecule has 2 aliphatic heterocycles. The number of hydrogen-bond acceptors (Lipinski definition) is 6. The Morgan fingerprint density at radius 3 is 2.87 bits per heavy atom. The van der Waals surface area contributed by atoms with Crippen molar-refractivity contribution < 1.29 is 14.3 Å². The van der Waals surface area contributed by atoms with Gasteiger partial charge in [-0.05, 0) is 6.42 Å². The predicted molar refractivity (Wildman–Crippen MR) is 86.2 cm³/mol. The molecule has 0 unspecified atom stereocenters. The molecule has 1 aromatic heterocycles. The lowest BCUT2D eigenvalue weighted by atomic mass is 9.92. The molecule has 23 heavy (non-hydrogen) atoms. The highest BCUT2D eigenvalue weighted by Gasteiger charge is 2.51. The summed E-state index contributed by atoms with van der Waals surface area (Å²) in [6, 6.07) is 0. The first kappa shape index (κ1) is 16.2. The number of rotatable bonds is 4. The lowest BCUT2D eigenvalue weighted by Crippen LogP contribution is -2.60. The van der Waals surface area contributed by atoms with E-state index >= 15 is 0 Å². The number of likely N-dealkylation sites (tertiary alicyclic amines) is 1. The highest BCUT2D eigenvalue weighted by Crippen LogP contribution is 2.46. The zero-order valence-corrected chi connectivity index (χ0v) is 14.1. The summed E-state index contributed by atoms with van der Waals surface area (Å²) in [4.78, 5) is 35.1. The van der Waals surface area contributed by atoms with Gasteiger partial charge in [0.05, 0.1) is 17.0 Å². The van der Waals surface area contributed by atoms with Crippen molar-refractivity contribution in [2.45, 2.75) is 17.3 Å². The van der Waals surface area contributed by atoms with E-state index in [0.29, 0.717) is 18.8 Å². The van der Waals surface area contributed by atoms with Crippen LogP contribution in [-0.4, -0.2) is 82.0 Å². The molecule has 0 aromatic carbocycles. The largest absolute Gasteiger partial charge is 0.367 e. The predicted octanol–water partition coefficient (Wildman–Crippen LogP) is 0.281. The number of amides is 2. The topological polar surface area (TPSA) is 75.6 Å². The summed E-state index contributed by atoms with van der Waals surface area (Å²) < 4.78 is 5.77. The second-order valence-corrected chi connectivity index (χ2v) is 7.66. The van der Waals surface area contributed by atoms with Gasteiger partial charge in [0.1, 0.15) is 12.3 Å². The third kappa shape index (κ3) is 3.48. The fraction of sp³-hybridized carbons (Fsp3) is 0.600. The molecule has 0 aliphatic carbocycles. The van der Waals surface area contributed by atoms with Crippen LogP contribution in [0, 0.1) is 0 Å². The van der Waals surface area contributed by atoms with Gasteiger partial charge in [-0.15, -0.1) is 11.8 Å². The standard InChI is InChI=1S/C15H20N4O3S/c1-18(2)13(20)7-22-11-5-15(23-8-11)9-19(10-15)14(21)12-6-16-3-4-17-12/h3-4,6,11H,5,7-10H2,1-2H3/t11-/m0/s1. The zero-order chi connectivity index (χ0) is 16.4. The first-order valence-corrected chi connectivity index (χ1v) is 8.49. The molecular formula is C15H20N4O3S. The van der Waals surface area contributed by atoms with Crippen molar-refractivity contribution in [3.05, 3.63) is 24.3 Å². The Morgan fingerprint density at radius 1 is 1.43 bits per heavy atom. The summed E-state index contributed by atoms with van der Waals surface area (Å²) in [5.74, 6) is 0.772. The smallest absolute Gasteiger partial charge is 0.274 e. The average Bonchev–Trinajstić information content (AvgIpc) is 2.96. The summed E-state index contributed by atoms with van der Waals surface area (Å²) in [6.07, 6.45) is 5.53. The normalized spacial score (nSPS) is 22.0. The van der Waals surface area contributed by atoms with Crippen LogP contribution in [0.3, 0.4) is 0 Å². The van der Waals surface area contributed by atoms with Crippen LogP contribution in [-0.2, 0) is 9.53 Å². The van der Waals surface area contributed by atoms with E-state index in [0.717, 1.165) is 12.2 Å². The van der Waals surface area contributed by atoms with Gasteiger partial charge in [0.15, 0.2) is 0 Å². The first-order chi connectivity index (χ1) is 11.0. The fourth-order valence-corrected chi connectivity index (χ4v) is 4.36. The van der Waals surface area contributed by atoms with E-state index < -0.39 is 0 Å². The Hall–Kier alpha value is -1.67. The number of thioether (sulfide) groups is 1. The molecule has 3 heterocycles. The Labute approximate surface area is 139 Å². The van der Waals surface area contributed by atoms with Crippen LogP contribution < -0.4 is 0 Å². The number of aromatic nitrogens is 2. The Bertz CT molecular complexity index is 590. The van der Waals surface area contributed by atoms with Crippen LogP contribution in [0.5, 0.6) is 0 Å². The molecule has 0 N–H and O–H groups in total. The van der Waals surface area contributed by atoms with Gasteiger partial charge in [0.2, 0.25) is 5.91 Å². The van der Waals surface area contributed by atoms with E-state index in [2.05, 4.69) is 9.97 Å². The van der Waals surface area contributed by atoms with Crippen molar-refractivity contribution in [2.75, 3.05) is 39.5 Å². The lowest BCUT2D eigenvalue weighted by Gasteiger charge is -2.47. The number of carbonyl (C=O) groups excluding carboxylic acids is 2. The number of hydrogen-bond donors (Lipinski definition) is 0. The van der Waals surface area contributed by atoms with Crippen molar-refractivity contribution in [2.24, 2.45) is 0 Å². The zero-order valence-electron chi connectivity index (χ0n) is 13.3. The molecule has 0 radical (unpaired) electrons. The SMILES string of the molecule is CN(C)C(=O)CO[C@@H]1CSC2(C1)CN(C(=O)c1cnccn1)C2. The van der Waals surface area contributed by atoms with Gasteiger partial charge in [-0.2, -0.15) is 0 Å². The monoisotopic (exact) mass is 336 g/mol. The second-order valence-electron chi connectivity index (χ2n) is 6.17. The Balaban J connectivity index is 1.47. The fourth-order valence-electron chi connectivity index (χ4n) is 2.81. The summed E-state index contributed by atoms with van der Waals surface area (Å²) in [6.45, 7) is 1.53. The van der Waals surface area contributed by atoms with E-state index in [-0.39, 0.29) is 29.3 Å². The molecule has 3 rings (SSSR count). The van der Waals surface area contributed by atoms with Crippen LogP contribution in [0.2, 0.25) is 0 Å². The van der Waals surface area contributed by atoms with Crippen molar-refractivity contribution in [1.29, 1.82) is 0 Å². The van der Waals surface area contributed by atoms with Gasteiger partial charge in [0.25, 0.3) is 5.91 Å². The Kier molecular flexibility index (Phi) is 4.54. The maximum absolute atomic E-state index is 12.3. The molecule has 0 saturated carbocycles. The van der Waals surface area contributed by atoms with Gasteiger partial charge in [0, 0.05) is 45.3 Å². The van der Waals surface area contributed by atoms with Crippen LogP contribution in [0.25, 0.3) is 0 Å². The van der Waals surface area contributed by atoms with Crippen LogP contribution in [0.4, 0.5) is 0 Å². The molecule has 2 amide bonds. The molecule has 1 spiro atoms. The van der Waals surface area contributed by atoms with Crippen molar-refractivity contribution in [3.63, 3.8) is 0 Å². The van der Waals surface area contributed by atoms with Crippen molar-refractivity contribution in [1.82, 2.24) is 19.8 Å². The van der Waals surface area contributed by atoms with Crippen LogP contribution in [0.15, 0.2) is 18.6 Å². The van der Waals surface area contributed by atoms with Gasteiger partial charge >= 0.3 is 0 Å². The number of carbonyl (C=O) groups is 2. The highest BCUT2D eigenvalue weighted by atomic mass is 32.2. The second kappa shape index (κ2) is 6.45. The third-order valence-corrected chi connectivity index (χ3v) is 5.72. The molecular weight excluding hydrogens is 316 g/mol. The molecule has 8 heteroatoms. The summed E-state index contributed by atoms with van der Waals surface area (Å²) in [5, 5.41) is 0. The molecule has 1 atom stereocenters. The van der Waals surface area contributed by atoms with E-state index in [4.69, 9.17) is 4.74 Å².